The van der Waals surface area contributed by atoms with Crippen LogP contribution in [0.15, 0.2) is 60.7 Å². The summed E-state index contributed by atoms with van der Waals surface area (Å²) in [4.78, 5) is 45.1. The summed E-state index contributed by atoms with van der Waals surface area (Å²) in [6.45, 7) is 5.75. The smallest absolute Gasteiger partial charge is 0.411 e. The van der Waals surface area contributed by atoms with Crippen LogP contribution in [0.4, 0.5) is 4.79 Å². The number of hydrogen-bond acceptors (Lipinski definition) is 8. The van der Waals surface area contributed by atoms with Gasteiger partial charge in [-0.1, -0.05) is 60.7 Å². The molecule has 3 rings (SSSR count). The fourth-order valence-corrected chi connectivity index (χ4v) is 3.62. The molecular formula is C29H41N3O8. The fourth-order valence-electron chi connectivity index (χ4n) is 3.62. The first-order valence-electron chi connectivity index (χ1n) is 12.9. The Morgan fingerprint density at radius 2 is 1.38 bits per heavy atom. The van der Waals surface area contributed by atoms with E-state index in [-0.39, 0.29) is 5.97 Å². The molecule has 1 heterocycles. The van der Waals surface area contributed by atoms with Crippen molar-refractivity contribution in [2.24, 2.45) is 11.5 Å². The summed E-state index contributed by atoms with van der Waals surface area (Å²) in [5.74, 6) is -2.29. The third-order valence-electron chi connectivity index (χ3n) is 5.58. The van der Waals surface area contributed by atoms with Crippen molar-refractivity contribution < 1.29 is 38.9 Å². The predicted octanol–water partition coefficient (Wildman–Crippen LogP) is 2.84. The molecule has 0 spiro atoms. The highest BCUT2D eigenvalue weighted by Crippen LogP contribution is 2.20. The Kier molecular flexibility index (Phi) is 14.4. The summed E-state index contributed by atoms with van der Waals surface area (Å²) in [6, 6.07) is 16.9. The van der Waals surface area contributed by atoms with E-state index in [1.807, 2.05) is 60.7 Å². The van der Waals surface area contributed by atoms with Gasteiger partial charge in [0, 0.05) is 6.54 Å². The van der Waals surface area contributed by atoms with Crippen LogP contribution in [-0.4, -0.2) is 76.5 Å². The number of carboxylic acid groups (broad SMARTS) is 2. The Bertz CT molecular complexity index is 1070. The number of carbonyl (C=O) groups is 4. The summed E-state index contributed by atoms with van der Waals surface area (Å²) in [6.07, 6.45) is 1.60. The van der Waals surface area contributed by atoms with E-state index in [2.05, 4.69) is 4.74 Å². The van der Waals surface area contributed by atoms with E-state index in [1.54, 1.807) is 20.8 Å². The zero-order valence-electron chi connectivity index (χ0n) is 23.5. The molecule has 40 heavy (non-hydrogen) atoms. The summed E-state index contributed by atoms with van der Waals surface area (Å²) in [5, 5.41) is 17.4. The van der Waals surface area contributed by atoms with E-state index in [1.165, 1.54) is 12.0 Å². The Morgan fingerprint density at radius 3 is 1.77 bits per heavy atom. The standard InChI is InChI=1S/C10H17NO4.C10H13NO2.C9H11NO2/c1-10(2,3)15-9(14)11-6-4-5-7(11)8(12)13;1-13-10(12)9(11)7-8-5-3-2-4-6-8;10-8(9(11)12)6-7-4-2-1-3-5-7/h7H,4-6H2,1-3H3,(H,12,13);2-6,9H,7,11H2,1H3;1-5,8H,6,10H2,(H,11,12)/t7-;9-;8-/m000/s1. The van der Waals surface area contributed by atoms with Crippen LogP contribution in [0.5, 0.6) is 0 Å². The third kappa shape index (κ3) is 13.2. The van der Waals surface area contributed by atoms with Gasteiger partial charge in [0.25, 0.3) is 0 Å². The molecule has 11 nitrogen and oxygen atoms in total. The molecule has 0 aliphatic carbocycles. The van der Waals surface area contributed by atoms with E-state index in [0.717, 1.165) is 17.5 Å². The molecule has 6 N–H and O–H groups in total. The molecule has 11 heteroatoms. The number of nitrogens with zero attached hydrogens (tertiary/aromatic N) is 1. The minimum atomic E-state index is -0.960. The van der Waals surface area contributed by atoms with Gasteiger partial charge in [-0.15, -0.1) is 0 Å². The van der Waals surface area contributed by atoms with Crippen molar-refractivity contribution in [2.45, 2.75) is 70.2 Å². The van der Waals surface area contributed by atoms with Crippen molar-refractivity contribution >= 4 is 24.0 Å². The van der Waals surface area contributed by atoms with Gasteiger partial charge in [0.05, 0.1) is 7.11 Å². The Morgan fingerprint density at radius 1 is 0.900 bits per heavy atom. The number of ether oxygens (including phenoxy) is 2. The van der Waals surface area contributed by atoms with Crippen molar-refractivity contribution in [3.8, 4) is 0 Å². The lowest BCUT2D eigenvalue weighted by Crippen LogP contribution is -2.43. The molecule has 1 amide bonds. The number of nitrogens with two attached hydrogens (primary N) is 2. The number of benzene rings is 2. The maximum Gasteiger partial charge on any atom is 0.411 e. The number of methoxy groups -OCH3 is 1. The first-order chi connectivity index (χ1) is 18.7. The van der Waals surface area contributed by atoms with Crippen LogP contribution in [0.3, 0.4) is 0 Å². The number of likely N-dealkylation sites (tertiary alicyclic amines) is 1. The van der Waals surface area contributed by atoms with Crippen molar-refractivity contribution in [2.75, 3.05) is 13.7 Å². The highest BCUT2D eigenvalue weighted by atomic mass is 16.6. The van der Waals surface area contributed by atoms with E-state index in [4.69, 9.17) is 26.4 Å². The van der Waals surface area contributed by atoms with Gasteiger partial charge in [-0.2, -0.15) is 0 Å². The van der Waals surface area contributed by atoms with Crippen LogP contribution in [-0.2, 0) is 36.7 Å². The average molecular weight is 560 g/mol. The number of rotatable bonds is 7. The van der Waals surface area contributed by atoms with Gasteiger partial charge >= 0.3 is 24.0 Å². The molecule has 0 unspecified atom stereocenters. The van der Waals surface area contributed by atoms with Crippen molar-refractivity contribution in [3.05, 3.63) is 71.8 Å². The molecule has 1 aliphatic heterocycles. The minimum Gasteiger partial charge on any atom is -0.480 e. The number of carboxylic acids is 2. The Balaban J connectivity index is 0.000000302. The van der Waals surface area contributed by atoms with Gasteiger partial charge in [0.1, 0.15) is 23.7 Å². The van der Waals surface area contributed by atoms with Crippen LogP contribution >= 0.6 is 0 Å². The zero-order chi connectivity index (χ0) is 30.3. The summed E-state index contributed by atoms with van der Waals surface area (Å²) in [5.41, 5.74) is 12.3. The first kappa shape index (κ1) is 34.1. The molecule has 0 saturated carbocycles. The van der Waals surface area contributed by atoms with Crippen molar-refractivity contribution in [1.82, 2.24) is 4.90 Å². The number of aliphatic carboxylic acids is 2. The topological polar surface area (TPSA) is 182 Å². The molecule has 2 aromatic carbocycles. The fraction of sp³-hybridized carbons (Fsp3) is 0.448. The van der Waals surface area contributed by atoms with Gasteiger partial charge in [-0.25, -0.2) is 9.59 Å². The van der Waals surface area contributed by atoms with Crippen LogP contribution in [0.1, 0.15) is 44.7 Å². The highest BCUT2D eigenvalue weighted by molar-refractivity contribution is 5.80. The second-order valence-electron chi connectivity index (χ2n) is 10.1. The SMILES string of the molecule is CC(C)(C)OC(=O)N1CCC[C@H]1C(=O)O.COC(=O)[C@@H](N)Cc1ccccc1.N[C@@H](Cc1ccccc1)C(=O)O. The van der Waals surface area contributed by atoms with Gasteiger partial charge in [0.15, 0.2) is 0 Å². The number of hydrogen-bond donors (Lipinski definition) is 4. The Hall–Kier alpha value is -3.96. The van der Waals surface area contributed by atoms with Crippen LogP contribution in [0.2, 0.25) is 0 Å². The lowest BCUT2D eigenvalue weighted by atomic mass is 10.1. The normalized spacial score (nSPS) is 15.8. The van der Waals surface area contributed by atoms with Crippen LogP contribution in [0, 0.1) is 0 Å². The van der Waals surface area contributed by atoms with Crippen LogP contribution < -0.4 is 11.5 Å². The minimum absolute atomic E-state index is 0.371. The van der Waals surface area contributed by atoms with Gasteiger partial charge in [-0.3, -0.25) is 14.5 Å². The van der Waals surface area contributed by atoms with Crippen LogP contribution in [0.25, 0.3) is 0 Å². The second kappa shape index (κ2) is 16.9. The molecule has 2 aromatic rings. The van der Waals surface area contributed by atoms with Gasteiger partial charge in [0.2, 0.25) is 0 Å². The largest absolute Gasteiger partial charge is 0.480 e. The van der Waals surface area contributed by atoms with E-state index in [9.17, 15) is 19.2 Å². The van der Waals surface area contributed by atoms with E-state index in [0.29, 0.717) is 25.8 Å². The molecule has 220 valence electrons. The zero-order valence-corrected chi connectivity index (χ0v) is 23.5. The lowest BCUT2D eigenvalue weighted by molar-refractivity contribution is -0.142. The maximum absolute atomic E-state index is 11.6. The highest BCUT2D eigenvalue weighted by Gasteiger charge is 2.36. The quantitative estimate of drug-likeness (QED) is 0.368. The van der Waals surface area contributed by atoms with Gasteiger partial charge < -0.3 is 31.2 Å². The lowest BCUT2D eigenvalue weighted by Gasteiger charge is -2.26. The van der Waals surface area contributed by atoms with Gasteiger partial charge in [-0.05, 0) is 57.6 Å². The van der Waals surface area contributed by atoms with Crippen molar-refractivity contribution in [3.63, 3.8) is 0 Å². The summed E-state index contributed by atoms with van der Waals surface area (Å²) < 4.78 is 9.65. The van der Waals surface area contributed by atoms with Crippen molar-refractivity contribution in [1.29, 1.82) is 0 Å². The second-order valence-corrected chi connectivity index (χ2v) is 10.1. The number of amides is 1. The monoisotopic (exact) mass is 559 g/mol. The molecule has 1 fully saturated rings. The molecule has 3 atom stereocenters. The maximum atomic E-state index is 11.6. The number of esters is 1. The van der Waals surface area contributed by atoms with E-state index >= 15 is 0 Å². The Labute approximate surface area is 235 Å². The van der Waals surface area contributed by atoms with E-state index < -0.39 is 41.8 Å². The third-order valence-corrected chi connectivity index (χ3v) is 5.58. The predicted molar refractivity (Wildman–Crippen MR) is 149 cm³/mol. The molecule has 0 aromatic heterocycles. The summed E-state index contributed by atoms with van der Waals surface area (Å²) in [7, 11) is 1.34. The summed E-state index contributed by atoms with van der Waals surface area (Å²) >= 11 is 0. The number of carbonyl (C=O) groups excluding carboxylic acids is 2. The molecule has 0 bridgehead atoms. The first-order valence-corrected chi connectivity index (χ1v) is 12.9. The molecule has 1 aliphatic rings. The molecular weight excluding hydrogens is 518 g/mol. The molecule has 1 saturated heterocycles. The average Bonchev–Trinajstić information content (AvgIpc) is 3.40. The molecule has 0 radical (unpaired) electrons.